The SMILES string of the molecule is CC(CBr)(OCCC1CC1)c1ccccc1Br. The topological polar surface area (TPSA) is 9.23 Å². The first kappa shape index (κ1) is 13.6. The molecule has 1 aliphatic carbocycles. The summed E-state index contributed by atoms with van der Waals surface area (Å²) in [6, 6.07) is 8.29. The molecule has 1 unspecified atom stereocenters. The molecule has 0 N–H and O–H groups in total. The quantitative estimate of drug-likeness (QED) is 0.656. The number of rotatable bonds is 6. The Morgan fingerprint density at radius 2 is 2.06 bits per heavy atom. The average Bonchev–Trinajstić information content (AvgIpc) is 3.13. The summed E-state index contributed by atoms with van der Waals surface area (Å²) in [6.07, 6.45) is 3.99. The summed E-state index contributed by atoms with van der Waals surface area (Å²) in [5.41, 5.74) is 0.974. The lowest BCUT2D eigenvalue weighted by Gasteiger charge is -2.29. The highest BCUT2D eigenvalue weighted by molar-refractivity contribution is 9.10. The van der Waals surface area contributed by atoms with Crippen LogP contribution in [0.2, 0.25) is 0 Å². The van der Waals surface area contributed by atoms with Crippen molar-refractivity contribution in [1.29, 1.82) is 0 Å². The summed E-state index contributed by atoms with van der Waals surface area (Å²) >= 11 is 7.19. The van der Waals surface area contributed by atoms with E-state index in [2.05, 4.69) is 57.0 Å². The van der Waals surface area contributed by atoms with Gasteiger partial charge < -0.3 is 4.74 Å². The van der Waals surface area contributed by atoms with Crippen molar-refractivity contribution in [2.24, 2.45) is 5.92 Å². The molecule has 0 saturated heterocycles. The summed E-state index contributed by atoms with van der Waals surface area (Å²) in [7, 11) is 0. The van der Waals surface area contributed by atoms with Crippen molar-refractivity contribution in [3.8, 4) is 0 Å². The second-order valence-corrected chi connectivity index (χ2v) is 6.34. The lowest BCUT2D eigenvalue weighted by molar-refractivity contribution is -0.0200. The van der Waals surface area contributed by atoms with Crippen molar-refractivity contribution in [1.82, 2.24) is 0 Å². The van der Waals surface area contributed by atoms with Crippen LogP contribution in [0, 0.1) is 5.92 Å². The van der Waals surface area contributed by atoms with Crippen LogP contribution in [0.4, 0.5) is 0 Å². The standard InChI is InChI=1S/C14H18Br2O/c1-14(10-15,17-9-8-11-6-7-11)12-4-2-3-5-13(12)16/h2-5,11H,6-10H2,1H3. The van der Waals surface area contributed by atoms with Crippen molar-refractivity contribution in [2.75, 3.05) is 11.9 Å². The molecule has 1 atom stereocenters. The third kappa shape index (κ3) is 3.55. The van der Waals surface area contributed by atoms with Gasteiger partial charge in [0.25, 0.3) is 0 Å². The highest BCUT2D eigenvalue weighted by Gasteiger charge is 2.29. The molecule has 1 aromatic rings. The van der Waals surface area contributed by atoms with Gasteiger partial charge in [-0.3, -0.25) is 0 Å². The first-order valence-corrected chi connectivity index (χ1v) is 8.02. The molecule has 1 nitrogen and oxygen atoms in total. The van der Waals surface area contributed by atoms with Gasteiger partial charge in [-0.15, -0.1) is 0 Å². The first-order valence-electron chi connectivity index (χ1n) is 6.10. The van der Waals surface area contributed by atoms with E-state index in [1.165, 1.54) is 24.8 Å². The zero-order valence-corrected chi connectivity index (χ0v) is 13.3. The normalized spacial score (nSPS) is 19.0. The molecular formula is C14H18Br2O. The second kappa shape index (κ2) is 5.85. The molecule has 0 aromatic heterocycles. The molecule has 0 aliphatic heterocycles. The third-order valence-corrected chi connectivity index (χ3v) is 5.10. The molecule has 1 saturated carbocycles. The van der Waals surface area contributed by atoms with E-state index in [4.69, 9.17) is 4.74 Å². The van der Waals surface area contributed by atoms with Gasteiger partial charge in [0.2, 0.25) is 0 Å². The van der Waals surface area contributed by atoms with Gasteiger partial charge in [-0.1, -0.05) is 62.9 Å². The molecule has 94 valence electrons. The van der Waals surface area contributed by atoms with Gasteiger partial charge in [0, 0.05) is 16.4 Å². The molecule has 17 heavy (non-hydrogen) atoms. The zero-order valence-electron chi connectivity index (χ0n) is 10.1. The summed E-state index contributed by atoms with van der Waals surface area (Å²) in [6.45, 7) is 3.00. The first-order chi connectivity index (χ1) is 8.15. The third-order valence-electron chi connectivity index (χ3n) is 3.34. The monoisotopic (exact) mass is 360 g/mol. The van der Waals surface area contributed by atoms with Gasteiger partial charge in [-0.05, 0) is 30.9 Å². The number of benzene rings is 1. The Labute approximate surface area is 120 Å². The Morgan fingerprint density at radius 1 is 1.35 bits per heavy atom. The summed E-state index contributed by atoms with van der Waals surface area (Å²) < 4.78 is 7.24. The van der Waals surface area contributed by atoms with Crippen LogP contribution in [-0.4, -0.2) is 11.9 Å². The van der Waals surface area contributed by atoms with Crippen molar-refractivity contribution >= 4 is 31.9 Å². The largest absolute Gasteiger partial charge is 0.370 e. The second-order valence-electron chi connectivity index (χ2n) is 4.92. The van der Waals surface area contributed by atoms with Crippen molar-refractivity contribution in [3.05, 3.63) is 34.3 Å². The van der Waals surface area contributed by atoms with Gasteiger partial charge in [0.15, 0.2) is 0 Å². The predicted molar refractivity (Wildman–Crippen MR) is 78.6 cm³/mol. The predicted octanol–water partition coefficient (Wildman–Crippen LogP) is 4.88. The molecule has 0 radical (unpaired) electrons. The van der Waals surface area contributed by atoms with E-state index >= 15 is 0 Å². The Morgan fingerprint density at radius 3 is 2.65 bits per heavy atom. The lowest BCUT2D eigenvalue weighted by Crippen LogP contribution is -2.29. The fraction of sp³-hybridized carbons (Fsp3) is 0.571. The van der Waals surface area contributed by atoms with E-state index in [0.29, 0.717) is 0 Å². The molecule has 1 aromatic carbocycles. The molecule has 2 rings (SSSR count). The molecule has 1 fully saturated rings. The number of hydrogen-bond acceptors (Lipinski definition) is 1. The Bertz CT molecular complexity index is 376. The Kier molecular flexibility index (Phi) is 4.67. The maximum absolute atomic E-state index is 6.12. The molecule has 0 amide bonds. The maximum Gasteiger partial charge on any atom is 0.101 e. The molecular weight excluding hydrogens is 344 g/mol. The number of hydrogen-bond donors (Lipinski definition) is 0. The van der Waals surface area contributed by atoms with Crippen molar-refractivity contribution < 1.29 is 4.74 Å². The number of ether oxygens (including phenoxy) is 1. The molecule has 0 heterocycles. The maximum atomic E-state index is 6.12. The number of halogens is 2. The minimum absolute atomic E-state index is 0.241. The van der Waals surface area contributed by atoms with Gasteiger partial charge >= 0.3 is 0 Å². The fourth-order valence-corrected chi connectivity index (χ4v) is 3.10. The van der Waals surface area contributed by atoms with Crippen LogP contribution in [0.15, 0.2) is 28.7 Å². The van der Waals surface area contributed by atoms with E-state index in [1.54, 1.807) is 0 Å². The van der Waals surface area contributed by atoms with Crippen molar-refractivity contribution in [2.45, 2.75) is 31.8 Å². The summed E-state index contributed by atoms with van der Waals surface area (Å²) in [4.78, 5) is 0. The van der Waals surface area contributed by atoms with E-state index in [0.717, 1.165) is 22.3 Å². The molecule has 1 aliphatic rings. The van der Waals surface area contributed by atoms with Crippen LogP contribution < -0.4 is 0 Å². The molecule has 0 spiro atoms. The molecule has 3 heteroatoms. The smallest absolute Gasteiger partial charge is 0.101 e. The van der Waals surface area contributed by atoms with Gasteiger partial charge in [-0.25, -0.2) is 0 Å². The van der Waals surface area contributed by atoms with E-state index < -0.39 is 0 Å². The van der Waals surface area contributed by atoms with Crippen LogP contribution in [-0.2, 0) is 10.3 Å². The van der Waals surface area contributed by atoms with Crippen molar-refractivity contribution in [3.63, 3.8) is 0 Å². The van der Waals surface area contributed by atoms with E-state index in [9.17, 15) is 0 Å². The Balaban J connectivity index is 2.03. The molecule has 0 bridgehead atoms. The van der Waals surface area contributed by atoms with E-state index in [-0.39, 0.29) is 5.60 Å². The lowest BCUT2D eigenvalue weighted by atomic mass is 9.98. The fourth-order valence-electron chi connectivity index (χ4n) is 1.94. The van der Waals surface area contributed by atoms with Crippen LogP contribution in [0.5, 0.6) is 0 Å². The number of alkyl halides is 1. The highest BCUT2D eigenvalue weighted by atomic mass is 79.9. The minimum atomic E-state index is -0.241. The Hall–Kier alpha value is 0.140. The zero-order chi connectivity index (χ0) is 12.3. The van der Waals surface area contributed by atoms with Gasteiger partial charge in [-0.2, -0.15) is 0 Å². The van der Waals surface area contributed by atoms with Gasteiger partial charge in [0.05, 0.1) is 0 Å². The summed E-state index contributed by atoms with van der Waals surface area (Å²) in [5.74, 6) is 0.925. The average molecular weight is 362 g/mol. The highest BCUT2D eigenvalue weighted by Crippen LogP contribution is 2.36. The van der Waals surface area contributed by atoms with Crippen LogP contribution in [0.25, 0.3) is 0 Å². The van der Waals surface area contributed by atoms with E-state index in [1.807, 2.05) is 6.07 Å². The van der Waals surface area contributed by atoms with Crippen LogP contribution in [0.1, 0.15) is 31.7 Å². The summed E-state index contributed by atoms with van der Waals surface area (Å²) in [5, 5.41) is 0.813. The van der Waals surface area contributed by atoms with Gasteiger partial charge in [0.1, 0.15) is 5.60 Å². The minimum Gasteiger partial charge on any atom is -0.370 e. The van der Waals surface area contributed by atoms with Crippen LogP contribution in [0.3, 0.4) is 0 Å². The van der Waals surface area contributed by atoms with Crippen LogP contribution >= 0.6 is 31.9 Å².